The molecule has 1 atom stereocenters. The summed E-state index contributed by atoms with van der Waals surface area (Å²) in [5.74, 6) is 1.79. The van der Waals surface area contributed by atoms with Crippen LogP contribution in [0, 0.1) is 5.92 Å². The maximum absolute atomic E-state index is 12.4. The predicted octanol–water partition coefficient (Wildman–Crippen LogP) is 3.34. The Kier molecular flexibility index (Phi) is 4.55. The molecule has 0 N–H and O–H groups in total. The maximum atomic E-state index is 12.4. The van der Waals surface area contributed by atoms with E-state index in [2.05, 4.69) is 29.2 Å². The van der Waals surface area contributed by atoms with Crippen LogP contribution in [0.4, 0.5) is 0 Å². The number of carbonyl (C=O) groups excluding carboxylic acids is 1. The minimum Gasteiger partial charge on any atom is -0.338 e. The lowest BCUT2D eigenvalue weighted by Gasteiger charge is -2.16. The van der Waals surface area contributed by atoms with Crippen LogP contribution in [-0.4, -0.2) is 34.6 Å². The van der Waals surface area contributed by atoms with Crippen molar-refractivity contribution < 1.29 is 4.79 Å². The molecule has 0 unspecified atom stereocenters. The van der Waals surface area contributed by atoms with Gasteiger partial charge < -0.3 is 4.90 Å². The molecular weight excluding hydrogens is 280 g/mol. The Morgan fingerprint density at radius 3 is 2.71 bits per heavy atom. The summed E-state index contributed by atoms with van der Waals surface area (Å²) in [5, 5.41) is 0. The van der Waals surface area contributed by atoms with Gasteiger partial charge in [-0.15, -0.1) is 11.8 Å². The average molecular weight is 298 g/mol. The third-order valence-corrected chi connectivity index (χ3v) is 4.97. The monoisotopic (exact) mass is 298 g/mol. The first-order valence-corrected chi connectivity index (χ1v) is 8.18. The van der Waals surface area contributed by atoms with E-state index in [0.717, 1.165) is 30.8 Å². The van der Waals surface area contributed by atoms with Gasteiger partial charge in [-0.25, -0.2) is 0 Å². The van der Waals surface area contributed by atoms with Crippen LogP contribution in [0.3, 0.4) is 0 Å². The lowest BCUT2D eigenvalue weighted by molar-refractivity contribution is 0.0788. The zero-order valence-corrected chi connectivity index (χ0v) is 12.6. The second-order valence-corrected chi connectivity index (χ2v) is 6.36. The fourth-order valence-electron chi connectivity index (χ4n) is 2.56. The van der Waals surface area contributed by atoms with Gasteiger partial charge in [-0.3, -0.25) is 9.78 Å². The number of rotatable bonds is 4. The van der Waals surface area contributed by atoms with Gasteiger partial charge in [0.15, 0.2) is 0 Å². The number of likely N-dealkylation sites (tertiary alicyclic amines) is 1. The first-order chi connectivity index (χ1) is 10.3. The fourth-order valence-corrected chi connectivity index (χ4v) is 3.61. The molecule has 1 fully saturated rings. The topological polar surface area (TPSA) is 33.2 Å². The molecule has 108 valence electrons. The van der Waals surface area contributed by atoms with Gasteiger partial charge in [-0.1, -0.05) is 18.2 Å². The molecule has 0 spiro atoms. The molecule has 2 aromatic rings. The van der Waals surface area contributed by atoms with Gasteiger partial charge in [0.1, 0.15) is 0 Å². The molecule has 2 heterocycles. The molecule has 3 rings (SSSR count). The van der Waals surface area contributed by atoms with Crippen molar-refractivity contribution in [3.8, 4) is 0 Å². The first kappa shape index (κ1) is 14.1. The van der Waals surface area contributed by atoms with Crippen molar-refractivity contribution >= 4 is 17.7 Å². The van der Waals surface area contributed by atoms with E-state index < -0.39 is 0 Å². The second-order valence-electron chi connectivity index (χ2n) is 5.27. The molecule has 3 nitrogen and oxygen atoms in total. The molecule has 21 heavy (non-hydrogen) atoms. The Bertz CT molecular complexity index is 588. The van der Waals surface area contributed by atoms with Crippen molar-refractivity contribution in [1.29, 1.82) is 0 Å². The van der Waals surface area contributed by atoms with Crippen molar-refractivity contribution in [2.75, 3.05) is 18.8 Å². The number of carbonyl (C=O) groups is 1. The van der Waals surface area contributed by atoms with E-state index in [0.29, 0.717) is 5.92 Å². The Labute approximate surface area is 129 Å². The van der Waals surface area contributed by atoms with Gasteiger partial charge >= 0.3 is 0 Å². The summed E-state index contributed by atoms with van der Waals surface area (Å²) in [6.07, 6.45) is 4.44. The molecule has 0 aliphatic carbocycles. The largest absolute Gasteiger partial charge is 0.338 e. The molecule has 1 aliphatic heterocycles. The van der Waals surface area contributed by atoms with Crippen LogP contribution in [-0.2, 0) is 0 Å². The summed E-state index contributed by atoms with van der Waals surface area (Å²) in [4.78, 5) is 19.6. The lowest BCUT2D eigenvalue weighted by atomic mass is 10.2. The van der Waals surface area contributed by atoms with Crippen LogP contribution in [0.15, 0.2) is 59.8 Å². The quantitative estimate of drug-likeness (QED) is 0.812. The molecular formula is C17H18N2OS. The Balaban J connectivity index is 1.53. The van der Waals surface area contributed by atoms with E-state index >= 15 is 0 Å². The molecule has 1 aliphatic rings. The number of thioether (sulfide) groups is 1. The second kappa shape index (κ2) is 6.76. The molecule has 1 amide bonds. The van der Waals surface area contributed by atoms with E-state index in [4.69, 9.17) is 0 Å². The zero-order chi connectivity index (χ0) is 14.5. The number of pyridine rings is 1. The van der Waals surface area contributed by atoms with Gasteiger partial charge in [-0.2, -0.15) is 0 Å². The smallest absolute Gasteiger partial charge is 0.253 e. The molecule has 0 radical (unpaired) electrons. The third kappa shape index (κ3) is 3.64. The van der Waals surface area contributed by atoms with Crippen molar-refractivity contribution in [2.45, 2.75) is 11.3 Å². The summed E-state index contributed by atoms with van der Waals surface area (Å²) in [6, 6.07) is 14.0. The lowest BCUT2D eigenvalue weighted by Crippen LogP contribution is -2.28. The molecule has 1 aromatic heterocycles. The molecule has 1 aromatic carbocycles. The van der Waals surface area contributed by atoms with Crippen LogP contribution < -0.4 is 0 Å². The fraction of sp³-hybridized carbons (Fsp3) is 0.294. The highest BCUT2D eigenvalue weighted by atomic mass is 32.2. The van der Waals surface area contributed by atoms with Gasteiger partial charge in [0.2, 0.25) is 0 Å². The highest BCUT2D eigenvalue weighted by Gasteiger charge is 2.26. The summed E-state index contributed by atoms with van der Waals surface area (Å²) >= 11 is 1.88. The molecule has 1 saturated heterocycles. The summed E-state index contributed by atoms with van der Waals surface area (Å²) in [5.41, 5.74) is 0.737. The SMILES string of the molecule is O=C(c1ccncc1)N1CC[C@@H](CSc2ccccc2)C1. The minimum absolute atomic E-state index is 0.129. The number of hydrogen-bond acceptors (Lipinski definition) is 3. The van der Waals surface area contributed by atoms with E-state index in [-0.39, 0.29) is 5.91 Å². The number of benzene rings is 1. The highest BCUT2D eigenvalue weighted by molar-refractivity contribution is 7.99. The van der Waals surface area contributed by atoms with Gasteiger partial charge in [-0.05, 0) is 36.6 Å². The Hall–Kier alpha value is -1.81. The molecule has 4 heteroatoms. The third-order valence-electron chi connectivity index (χ3n) is 3.73. The number of amides is 1. The van der Waals surface area contributed by atoms with Crippen LogP contribution in [0.2, 0.25) is 0 Å². The summed E-state index contributed by atoms with van der Waals surface area (Å²) in [6.45, 7) is 1.72. The van der Waals surface area contributed by atoms with Gasteiger partial charge in [0.05, 0.1) is 0 Å². The highest BCUT2D eigenvalue weighted by Crippen LogP contribution is 2.26. The van der Waals surface area contributed by atoms with Crippen molar-refractivity contribution in [1.82, 2.24) is 9.88 Å². The standard InChI is InChI=1S/C17H18N2OS/c20-17(15-6-9-18-10-7-15)19-11-8-14(12-19)13-21-16-4-2-1-3-5-16/h1-7,9-10,14H,8,11-13H2/t14-/m1/s1. The van der Waals surface area contributed by atoms with Gasteiger partial charge in [0.25, 0.3) is 5.91 Å². The molecule has 0 saturated carbocycles. The van der Waals surface area contributed by atoms with Crippen LogP contribution >= 0.6 is 11.8 Å². The van der Waals surface area contributed by atoms with Crippen molar-refractivity contribution in [3.63, 3.8) is 0 Å². The zero-order valence-electron chi connectivity index (χ0n) is 11.8. The Morgan fingerprint density at radius 1 is 1.19 bits per heavy atom. The molecule has 0 bridgehead atoms. The van der Waals surface area contributed by atoms with Crippen molar-refractivity contribution in [2.24, 2.45) is 5.92 Å². The minimum atomic E-state index is 0.129. The predicted molar refractivity (Wildman–Crippen MR) is 85.4 cm³/mol. The van der Waals surface area contributed by atoms with Crippen LogP contribution in [0.5, 0.6) is 0 Å². The van der Waals surface area contributed by atoms with Crippen molar-refractivity contribution in [3.05, 3.63) is 60.4 Å². The summed E-state index contributed by atoms with van der Waals surface area (Å²) < 4.78 is 0. The van der Waals surface area contributed by atoms with Crippen LogP contribution in [0.25, 0.3) is 0 Å². The number of aromatic nitrogens is 1. The average Bonchev–Trinajstić information content (AvgIpc) is 3.03. The van der Waals surface area contributed by atoms with Gasteiger partial charge in [0, 0.05) is 41.7 Å². The number of hydrogen-bond donors (Lipinski definition) is 0. The Morgan fingerprint density at radius 2 is 1.95 bits per heavy atom. The van der Waals surface area contributed by atoms with E-state index in [9.17, 15) is 4.79 Å². The number of nitrogens with zero attached hydrogens (tertiary/aromatic N) is 2. The first-order valence-electron chi connectivity index (χ1n) is 7.20. The summed E-state index contributed by atoms with van der Waals surface area (Å²) in [7, 11) is 0. The maximum Gasteiger partial charge on any atom is 0.253 e. The van der Waals surface area contributed by atoms with E-state index in [1.807, 2.05) is 22.7 Å². The van der Waals surface area contributed by atoms with Crippen LogP contribution in [0.1, 0.15) is 16.8 Å². The normalized spacial score (nSPS) is 17.9. The van der Waals surface area contributed by atoms with E-state index in [1.54, 1.807) is 24.5 Å². The van der Waals surface area contributed by atoms with E-state index in [1.165, 1.54) is 4.90 Å².